The van der Waals surface area contributed by atoms with Crippen molar-refractivity contribution in [3.05, 3.63) is 59.2 Å². The van der Waals surface area contributed by atoms with E-state index in [0.29, 0.717) is 33.6 Å². The van der Waals surface area contributed by atoms with Crippen LogP contribution < -0.4 is 0 Å². The summed E-state index contributed by atoms with van der Waals surface area (Å²) >= 11 is 1.09. The van der Waals surface area contributed by atoms with Gasteiger partial charge in [0.1, 0.15) is 6.10 Å². The molecular formula is C20H18O5S. The minimum absolute atomic E-state index is 0.0414. The third kappa shape index (κ3) is 3.49. The zero-order chi connectivity index (χ0) is 18.8. The molecule has 0 saturated carbocycles. The van der Waals surface area contributed by atoms with Gasteiger partial charge in [-0.2, -0.15) is 0 Å². The van der Waals surface area contributed by atoms with Crippen LogP contribution in [0.5, 0.6) is 0 Å². The number of Topliss-reactive ketones (excluding diaryl/α,β-unsaturated/α-hetero) is 2. The fourth-order valence-corrected chi connectivity index (χ4v) is 3.68. The fourth-order valence-electron chi connectivity index (χ4n) is 3.03. The van der Waals surface area contributed by atoms with Gasteiger partial charge in [-0.05, 0) is 35.2 Å². The zero-order valence-electron chi connectivity index (χ0n) is 14.1. The molecule has 2 unspecified atom stereocenters. The lowest BCUT2D eigenvalue weighted by Gasteiger charge is -2.22. The molecule has 0 aromatic heterocycles. The molecule has 1 aliphatic carbocycles. The summed E-state index contributed by atoms with van der Waals surface area (Å²) in [5.74, 6) is -0.699. The maximum atomic E-state index is 12.3. The average molecular weight is 370 g/mol. The average Bonchev–Trinajstić information content (AvgIpc) is 2.64. The second-order valence-electron chi connectivity index (χ2n) is 6.15. The summed E-state index contributed by atoms with van der Waals surface area (Å²) in [5.41, 5.74) is 2.32. The Morgan fingerprint density at radius 1 is 0.962 bits per heavy atom. The van der Waals surface area contributed by atoms with Gasteiger partial charge in [-0.3, -0.25) is 14.4 Å². The molecule has 0 radical (unpaired) electrons. The van der Waals surface area contributed by atoms with Crippen molar-refractivity contribution in [2.75, 3.05) is 5.75 Å². The van der Waals surface area contributed by atoms with Crippen molar-refractivity contribution in [2.45, 2.75) is 25.6 Å². The van der Waals surface area contributed by atoms with E-state index in [1.807, 2.05) is 0 Å². The Bertz CT molecular complexity index is 890. The van der Waals surface area contributed by atoms with Gasteiger partial charge in [-0.15, -0.1) is 0 Å². The Morgan fingerprint density at radius 3 is 2.23 bits per heavy atom. The number of carbonyl (C=O) groups is 3. The molecule has 2 aromatic carbocycles. The van der Waals surface area contributed by atoms with Crippen LogP contribution in [0.4, 0.5) is 0 Å². The van der Waals surface area contributed by atoms with Gasteiger partial charge in [-0.25, -0.2) is 0 Å². The molecule has 1 aliphatic rings. The third-order valence-corrected chi connectivity index (χ3v) is 5.23. The van der Waals surface area contributed by atoms with E-state index < -0.39 is 23.8 Å². The first-order chi connectivity index (χ1) is 12.4. The SMILES string of the molecule is CC(=O)SCCC(O)C(O)c1ccc2c(c1)-c1ccccc1C(=O)C2=O. The smallest absolute Gasteiger partial charge is 0.234 e. The molecule has 26 heavy (non-hydrogen) atoms. The van der Waals surface area contributed by atoms with Gasteiger partial charge < -0.3 is 10.2 Å². The summed E-state index contributed by atoms with van der Waals surface area (Å²) in [7, 11) is 0. The van der Waals surface area contributed by atoms with E-state index >= 15 is 0 Å². The second kappa shape index (κ2) is 7.53. The van der Waals surface area contributed by atoms with Crippen molar-refractivity contribution in [2.24, 2.45) is 0 Å². The van der Waals surface area contributed by atoms with E-state index in [9.17, 15) is 24.6 Å². The number of rotatable bonds is 5. The first kappa shape index (κ1) is 18.5. The lowest BCUT2D eigenvalue weighted by Crippen LogP contribution is -2.23. The number of carbonyl (C=O) groups excluding carboxylic acids is 3. The lowest BCUT2D eigenvalue weighted by atomic mass is 9.82. The van der Waals surface area contributed by atoms with Crippen LogP contribution in [0.1, 0.15) is 45.7 Å². The minimum atomic E-state index is -1.15. The molecular weight excluding hydrogens is 352 g/mol. The van der Waals surface area contributed by atoms with Gasteiger partial charge in [0.05, 0.1) is 6.10 Å². The number of hydrogen-bond acceptors (Lipinski definition) is 6. The van der Waals surface area contributed by atoms with Gasteiger partial charge in [-0.1, -0.05) is 42.1 Å². The van der Waals surface area contributed by atoms with Crippen molar-refractivity contribution in [1.29, 1.82) is 0 Å². The van der Waals surface area contributed by atoms with Crippen LogP contribution in [-0.4, -0.2) is 38.8 Å². The Kier molecular flexibility index (Phi) is 5.36. The van der Waals surface area contributed by atoms with E-state index in [2.05, 4.69) is 0 Å². The topological polar surface area (TPSA) is 91.7 Å². The highest BCUT2D eigenvalue weighted by molar-refractivity contribution is 8.13. The molecule has 6 heteroatoms. The summed E-state index contributed by atoms with van der Waals surface area (Å²) in [4.78, 5) is 35.5. The highest BCUT2D eigenvalue weighted by atomic mass is 32.2. The normalized spacial score (nSPS) is 15.2. The van der Waals surface area contributed by atoms with E-state index in [0.717, 1.165) is 11.8 Å². The van der Waals surface area contributed by atoms with Gasteiger partial charge in [0.2, 0.25) is 11.6 Å². The molecule has 2 aromatic rings. The molecule has 0 bridgehead atoms. The number of benzene rings is 2. The van der Waals surface area contributed by atoms with Gasteiger partial charge in [0.25, 0.3) is 0 Å². The summed E-state index contributed by atoms with van der Waals surface area (Å²) in [6.07, 6.45) is -1.92. The Balaban J connectivity index is 1.90. The number of aliphatic hydroxyl groups excluding tert-OH is 2. The molecule has 3 rings (SSSR count). The maximum Gasteiger partial charge on any atom is 0.234 e. The first-order valence-electron chi connectivity index (χ1n) is 8.22. The predicted molar refractivity (Wildman–Crippen MR) is 99.3 cm³/mol. The molecule has 0 heterocycles. The van der Waals surface area contributed by atoms with Crippen molar-refractivity contribution >= 4 is 28.4 Å². The van der Waals surface area contributed by atoms with E-state index in [-0.39, 0.29) is 11.5 Å². The van der Waals surface area contributed by atoms with Crippen molar-refractivity contribution in [3.8, 4) is 11.1 Å². The van der Waals surface area contributed by atoms with Crippen LogP contribution in [0.15, 0.2) is 42.5 Å². The molecule has 134 valence electrons. The van der Waals surface area contributed by atoms with Crippen LogP contribution in [-0.2, 0) is 4.79 Å². The Labute approximate surface area is 155 Å². The van der Waals surface area contributed by atoms with Gasteiger partial charge >= 0.3 is 0 Å². The van der Waals surface area contributed by atoms with Crippen molar-refractivity contribution in [1.82, 2.24) is 0 Å². The molecule has 2 N–H and O–H groups in total. The fraction of sp³-hybridized carbons (Fsp3) is 0.250. The summed E-state index contributed by atoms with van der Waals surface area (Å²) in [5, 5.41) is 20.6. The summed E-state index contributed by atoms with van der Waals surface area (Å²) in [6.45, 7) is 1.45. The quantitative estimate of drug-likeness (QED) is 0.787. The number of thioether (sulfide) groups is 1. The van der Waals surface area contributed by atoms with E-state index in [4.69, 9.17) is 0 Å². The predicted octanol–water partition coefficient (Wildman–Crippen LogP) is 2.80. The number of aliphatic hydroxyl groups is 2. The van der Waals surface area contributed by atoms with Crippen LogP contribution in [0.25, 0.3) is 11.1 Å². The second-order valence-corrected chi connectivity index (χ2v) is 7.42. The Hall–Kier alpha value is -2.28. The summed E-state index contributed by atoms with van der Waals surface area (Å²) < 4.78 is 0. The van der Waals surface area contributed by atoms with Gasteiger partial charge in [0, 0.05) is 23.8 Å². The van der Waals surface area contributed by atoms with Crippen molar-refractivity contribution < 1.29 is 24.6 Å². The number of hydrogen-bond donors (Lipinski definition) is 2. The lowest BCUT2D eigenvalue weighted by molar-refractivity contribution is -0.109. The Morgan fingerprint density at radius 2 is 1.58 bits per heavy atom. The molecule has 0 amide bonds. The highest BCUT2D eigenvalue weighted by Crippen LogP contribution is 2.35. The monoisotopic (exact) mass is 370 g/mol. The maximum absolute atomic E-state index is 12.3. The molecule has 5 nitrogen and oxygen atoms in total. The molecule has 0 aliphatic heterocycles. The molecule has 2 atom stereocenters. The van der Waals surface area contributed by atoms with Crippen molar-refractivity contribution in [3.63, 3.8) is 0 Å². The van der Waals surface area contributed by atoms with Crippen LogP contribution >= 0.6 is 11.8 Å². The third-order valence-electron chi connectivity index (χ3n) is 4.38. The first-order valence-corrected chi connectivity index (χ1v) is 9.20. The number of ketones is 2. The molecule has 0 fully saturated rings. The zero-order valence-corrected chi connectivity index (χ0v) is 15.0. The number of fused-ring (bicyclic) bond motifs is 3. The van der Waals surface area contributed by atoms with Crippen LogP contribution in [0, 0.1) is 0 Å². The largest absolute Gasteiger partial charge is 0.390 e. The van der Waals surface area contributed by atoms with E-state index in [1.54, 1.807) is 36.4 Å². The standard InChI is InChI=1S/C20H18O5S/c1-11(21)26-9-8-17(22)18(23)12-6-7-15-16(10-12)13-4-2-3-5-14(13)19(24)20(15)25/h2-7,10,17-18,22-23H,8-9H2,1H3. The highest BCUT2D eigenvalue weighted by Gasteiger charge is 2.31. The minimum Gasteiger partial charge on any atom is -0.390 e. The molecule has 0 spiro atoms. The molecule has 0 saturated heterocycles. The summed E-state index contributed by atoms with van der Waals surface area (Å²) in [6, 6.07) is 11.5. The van der Waals surface area contributed by atoms with E-state index in [1.165, 1.54) is 13.0 Å². The van der Waals surface area contributed by atoms with Crippen LogP contribution in [0.3, 0.4) is 0 Å². The van der Waals surface area contributed by atoms with Gasteiger partial charge in [0.15, 0.2) is 5.12 Å². The van der Waals surface area contributed by atoms with Crippen LogP contribution in [0.2, 0.25) is 0 Å².